The number of furan rings is 1. The number of para-hydroxylation sites is 9. The molecule has 0 radical (unpaired) electrons. The molecule has 0 saturated heterocycles. The molecule has 2 aliphatic carbocycles. The molecule has 28 rings (SSSR count). The summed E-state index contributed by atoms with van der Waals surface area (Å²) in [5, 5.41) is 1.33. The van der Waals surface area contributed by atoms with Gasteiger partial charge in [-0.3, -0.25) is 0 Å². The average Bonchev–Trinajstić information content (AvgIpc) is 1.15. The molecule has 4 aliphatic heterocycles. The molecule has 19 aromatic carbocycles. The van der Waals surface area contributed by atoms with E-state index in [9.17, 15) is 21.9 Å². The summed E-state index contributed by atoms with van der Waals surface area (Å²) in [6, 6.07) is 102. The van der Waals surface area contributed by atoms with E-state index in [0.717, 1.165) is 111 Å². The van der Waals surface area contributed by atoms with Crippen LogP contribution in [0.25, 0.3) is 133 Å². The lowest BCUT2D eigenvalue weighted by Gasteiger charge is -2.45. The van der Waals surface area contributed by atoms with E-state index < -0.39 is 114 Å². The predicted octanol–water partition coefficient (Wildman–Crippen LogP) is 27.8. The average molecular weight is 1590 g/mol. The Morgan fingerprint density at radius 1 is 0.242 bits per heavy atom. The summed E-state index contributed by atoms with van der Waals surface area (Å²) in [6.07, 6.45) is 0. The second-order valence-corrected chi connectivity index (χ2v) is 32.7. The molecule has 22 aromatic rings. The topological polar surface area (TPSA) is 47.9 Å². The van der Waals surface area contributed by atoms with Crippen molar-refractivity contribution in [2.45, 2.75) is 10.8 Å². The minimum atomic E-state index is -0.842. The molecule has 0 bridgehead atoms. The van der Waals surface area contributed by atoms with Crippen molar-refractivity contribution >= 4 is 123 Å². The first-order valence-electron chi connectivity index (χ1n) is 49.6. The largest absolute Gasteiger partial charge is 0.457 e. The van der Waals surface area contributed by atoms with E-state index in [-0.39, 0.29) is 55.0 Å². The summed E-state index contributed by atoms with van der Waals surface area (Å²) in [6.45, 7) is -0.842. The van der Waals surface area contributed by atoms with Crippen LogP contribution in [-0.2, 0) is 10.8 Å². The molecule has 0 saturated carbocycles. The van der Waals surface area contributed by atoms with Gasteiger partial charge in [0.2, 0.25) is 0 Å². The lowest BCUT2D eigenvalue weighted by Crippen LogP contribution is -2.61. The number of benzene rings is 19. The van der Waals surface area contributed by atoms with Crippen molar-refractivity contribution in [2.24, 2.45) is 0 Å². The molecule has 7 heterocycles. The number of hydrogen-bond acceptors (Lipinski definition) is 5. The summed E-state index contributed by atoms with van der Waals surface area (Å²) in [5.41, 5.74) is 23.1. The lowest BCUT2D eigenvalue weighted by molar-refractivity contribution is 0.436. The van der Waals surface area contributed by atoms with E-state index in [4.69, 9.17) is 13.9 Å². The van der Waals surface area contributed by atoms with Crippen molar-refractivity contribution < 1.29 is 35.8 Å². The van der Waals surface area contributed by atoms with Gasteiger partial charge in [0.05, 0.1) is 66.2 Å². The van der Waals surface area contributed by atoms with Gasteiger partial charge in [0.1, 0.15) is 34.2 Å². The molecule has 0 amide bonds. The number of rotatable bonds is 7. The highest BCUT2D eigenvalue weighted by Gasteiger charge is 2.54. The van der Waals surface area contributed by atoms with Gasteiger partial charge in [-0.1, -0.05) is 303 Å². The van der Waals surface area contributed by atoms with Crippen molar-refractivity contribution in [1.82, 2.24) is 9.13 Å². The Morgan fingerprint density at radius 3 is 1.06 bits per heavy atom. The van der Waals surface area contributed by atoms with Gasteiger partial charge in [-0.15, -0.1) is 0 Å². The molecule has 8 heteroatoms. The monoisotopic (exact) mass is 1590 g/mol. The predicted molar refractivity (Wildman–Crippen MR) is 507 cm³/mol. The van der Waals surface area contributed by atoms with Crippen molar-refractivity contribution in [2.75, 3.05) is 9.80 Å². The summed E-state index contributed by atoms with van der Waals surface area (Å²) >= 11 is 0. The highest BCUT2D eigenvalue weighted by molar-refractivity contribution is 7.00. The third-order valence-corrected chi connectivity index (χ3v) is 26.9. The summed E-state index contributed by atoms with van der Waals surface area (Å²) < 4.78 is 178. The van der Waals surface area contributed by atoms with Crippen LogP contribution in [0, 0.1) is 0 Å². The molecule has 574 valence electrons. The molecule has 3 aromatic heterocycles. The zero-order valence-corrected chi connectivity index (χ0v) is 65.7. The maximum absolute atomic E-state index is 9.98. The van der Waals surface area contributed by atoms with E-state index >= 15 is 0 Å². The van der Waals surface area contributed by atoms with Crippen molar-refractivity contribution in [1.29, 1.82) is 0 Å². The standard InChI is InChI=1S/C116H69BN4O3/c1-12-38-88-78(29-1)79-30-2-13-39-89(79)115(88)92-42-16-25-51-110(92)123-112-66-71(53-58-94(112)115)76-27-5-18-44-98(76)120-104-68-74(118-100-46-20-7-33-82(100)83-34-8-21-47-101(83)118)56-60-96(104)117-97-61-57-75(119-102-48-22-9-35-84(102)85-36-10-23-49-103(85)119)69-105(97)121(107-65-73(64-106(120)114(107)117)70-55-62-109-87(63-70)86-37-11-24-50-108(86)122-109)99-45-19-6-28-77(99)72-54-59-95-113(67-72)124-111-52-26-17-43-93(111)116(95)90-40-14-3-31-80(90)81-32-4-15-41-91(81)116/h1-69H/i7D,8D,9D,10D,20D,21D,22D,23D,33D,34D,35D,36D,46D,47D,48D,49D. The Hall–Kier alpha value is -16.2. The van der Waals surface area contributed by atoms with Gasteiger partial charge in [-0.2, -0.15) is 0 Å². The Kier molecular flexibility index (Phi) is 11.0. The Bertz CT molecular complexity index is 8790. The number of anilines is 6. The third-order valence-electron chi connectivity index (χ3n) is 26.9. The summed E-state index contributed by atoms with van der Waals surface area (Å²) in [7, 11) is 0. The van der Waals surface area contributed by atoms with Crippen LogP contribution in [0.2, 0.25) is 0 Å². The fourth-order valence-electron chi connectivity index (χ4n) is 22.1. The van der Waals surface area contributed by atoms with E-state index in [0.29, 0.717) is 84.8 Å². The second-order valence-electron chi connectivity index (χ2n) is 32.7. The fraction of sp³-hybridized carbons (Fsp3) is 0.0172. The zero-order chi connectivity index (χ0) is 94.7. The van der Waals surface area contributed by atoms with Gasteiger partial charge in [0, 0.05) is 99.8 Å². The number of aromatic nitrogens is 2. The highest BCUT2D eigenvalue weighted by Crippen LogP contribution is 2.65. The number of ether oxygens (including phenoxy) is 2. The molecular weight excluding hydrogens is 1510 g/mol. The molecule has 124 heavy (non-hydrogen) atoms. The van der Waals surface area contributed by atoms with Crippen LogP contribution in [0.1, 0.15) is 66.4 Å². The minimum absolute atomic E-state index is 0.0811. The zero-order valence-electron chi connectivity index (χ0n) is 81.7. The third kappa shape index (κ3) is 8.99. The van der Waals surface area contributed by atoms with Gasteiger partial charge in [-0.05, 0) is 198 Å². The first-order chi connectivity index (χ1) is 68.1. The second kappa shape index (κ2) is 25.2. The lowest BCUT2D eigenvalue weighted by atomic mass is 9.33. The molecular formula is C116H69BN4O3. The molecule has 0 N–H and O–H groups in total. The maximum atomic E-state index is 9.98. The van der Waals surface area contributed by atoms with Crippen LogP contribution >= 0.6 is 0 Å². The van der Waals surface area contributed by atoms with Gasteiger partial charge >= 0.3 is 0 Å². The van der Waals surface area contributed by atoms with Crippen LogP contribution in [0.4, 0.5) is 34.1 Å². The van der Waals surface area contributed by atoms with Crippen LogP contribution in [0.5, 0.6) is 23.0 Å². The quantitative estimate of drug-likeness (QED) is 0.149. The van der Waals surface area contributed by atoms with E-state index in [1.807, 2.05) is 121 Å². The van der Waals surface area contributed by atoms with Crippen LogP contribution < -0.4 is 35.7 Å². The Balaban J connectivity index is 0.760. The van der Waals surface area contributed by atoms with Gasteiger partial charge in [-0.25, -0.2) is 0 Å². The minimum Gasteiger partial charge on any atom is -0.457 e. The fourth-order valence-corrected chi connectivity index (χ4v) is 22.1. The molecule has 7 nitrogen and oxygen atoms in total. The van der Waals surface area contributed by atoms with Crippen molar-refractivity contribution in [3.05, 3.63) is 463 Å². The van der Waals surface area contributed by atoms with E-state index in [1.165, 1.54) is 0 Å². The Labute approximate surface area is 737 Å². The molecule has 2 spiro atoms. The molecule has 0 fully saturated rings. The van der Waals surface area contributed by atoms with E-state index in [1.54, 1.807) is 9.13 Å². The van der Waals surface area contributed by atoms with Gasteiger partial charge < -0.3 is 32.8 Å². The SMILES string of the molecule is [2H]c1c([2H])c([2H])c2c(c1[2H])c1c([2H])c([2H])c([2H])c([2H])c1n2-c1ccc2c(c1)N(c1ccccc1-c1ccc3c(c1)Oc1ccccc1C31c3ccccc3-c3ccccc31)c1cc(-c3ccc4oc5ccccc5c4c3)cc3c1B2c1ccc(-n2c4c([2H])c([2H])c([2H])c([2H])c4c4c([2H])c([2H])c([2H])c([2H])c42)cc1N3c1ccccc1-c1ccc2c(c1)Oc1ccccc1C21c2ccccc2-c2ccccc21. The van der Waals surface area contributed by atoms with Crippen LogP contribution in [-0.4, -0.2) is 15.8 Å². The first kappa shape index (κ1) is 54.1. The smallest absolute Gasteiger partial charge is 0.252 e. The first-order valence-corrected chi connectivity index (χ1v) is 41.6. The molecule has 0 unspecified atom stereocenters. The number of fused-ring (bicyclic) bond motifs is 31. The Morgan fingerprint density at radius 2 is 0.605 bits per heavy atom. The van der Waals surface area contributed by atoms with Crippen molar-refractivity contribution in [3.63, 3.8) is 0 Å². The van der Waals surface area contributed by atoms with Crippen LogP contribution in [0.15, 0.2) is 423 Å². The summed E-state index contributed by atoms with van der Waals surface area (Å²) in [4.78, 5) is 4.49. The number of hydrogen-bond donors (Lipinski definition) is 0. The van der Waals surface area contributed by atoms with Gasteiger partial charge in [0.15, 0.2) is 0 Å². The van der Waals surface area contributed by atoms with Gasteiger partial charge in [0.25, 0.3) is 6.71 Å². The maximum Gasteiger partial charge on any atom is 0.252 e. The number of nitrogens with zero attached hydrogens (tertiary/aromatic N) is 4. The molecule has 6 aliphatic rings. The summed E-state index contributed by atoms with van der Waals surface area (Å²) in [5.74, 6) is 2.64. The highest BCUT2D eigenvalue weighted by atomic mass is 16.5. The van der Waals surface area contributed by atoms with Crippen molar-refractivity contribution in [3.8, 4) is 90.0 Å². The molecule has 0 atom stereocenters. The normalized spacial score (nSPS) is 15.8. The van der Waals surface area contributed by atoms with E-state index in [2.05, 4.69) is 210 Å². The van der Waals surface area contributed by atoms with Crippen LogP contribution in [0.3, 0.4) is 0 Å².